The van der Waals surface area contributed by atoms with Crippen molar-refractivity contribution in [3.05, 3.63) is 53.3 Å². The molecule has 100 valence electrons. The molecule has 1 heterocycles. The number of nitrogens with one attached hydrogen (secondary N) is 1. The van der Waals surface area contributed by atoms with Crippen LogP contribution in [-0.2, 0) is 17.8 Å². The van der Waals surface area contributed by atoms with Crippen molar-refractivity contribution in [2.75, 3.05) is 6.54 Å². The Hall–Kier alpha value is -1.81. The van der Waals surface area contributed by atoms with Crippen LogP contribution in [0.15, 0.2) is 42.7 Å². The minimum Gasteiger partial charge on any atom is -0.354 e. The van der Waals surface area contributed by atoms with E-state index in [-0.39, 0.29) is 12.5 Å². The van der Waals surface area contributed by atoms with Crippen LogP contribution in [0.3, 0.4) is 0 Å². The number of aromatic nitrogens is 2. The smallest absolute Gasteiger partial charge is 0.241 e. The van der Waals surface area contributed by atoms with E-state index >= 15 is 0 Å². The molecule has 0 unspecified atom stereocenters. The molecular weight excluding hydrogens is 262 g/mol. The highest BCUT2D eigenvalue weighted by Gasteiger charge is 2.03. The van der Waals surface area contributed by atoms with Gasteiger partial charge in [0.25, 0.3) is 0 Å². The fourth-order valence-electron chi connectivity index (χ4n) is 1.79. The van der Waals surface area contributed by atoms with Gasteiger partial charge < -0.3 is 5.32 Å². The van der Waals surface area contributed by atoms with Crippen molar-refractivity contribution in [3.8, 4) is 0 Å². The summed E-state index contributed by atoms with van der Waals surface area (Å²) >= 11 is 5.72. The van der Waals surface area contributed by atoms with Gasteiger partial charge in [-0.1, -0.05) is 41.9 Å². The van der Waals surface area contributed by atoms with Crippen LogP contribution in [0.5, 0.6) is 0 Å². The quantitative estimate of drug-likeness (QED) is 0.824. The van der Waals surface area contributed by atoms with Crippen LogP contribution < -0.4 is 5.32 Å². The third-order valence-corrected chi connectivity index (χ3v) is 2.91. The molecule has 0 saturated carbocycles. The number of aryl methyl sites for hydroxylation is 1. The Labute approximate surface area is 117 Å². The highest BCUT2D eigenvalue weighted by molar-refractivity contribution is 6.30. The van der Waals surface area contributed by atoms with E-state index in [0.717, 1.165) is 12.8 Å². The maximum atomic E-state index is 11.6. The molecule has 0 saturated heterocycles. The largest absolute Gasteiger partial charge is 0.354 e. The van der Waals surface area contributed by atoms with Gasteiger partial charge in [-0.05, 0) is 18.4 Å². The van der Waals surface area contributed by atoms with Gasteiger partial charge in [0.1, 0.15) is 6.54 Å². The summed E-state index contributed by atoms with van der Waals surface area (Å²) in [4.78, 5) is 11.6. The third kappa shape index (κ3) is 4.75. The van der Waals surface area contributed by atoms with Crippen molar-refractivity contribution in [2.24, 2.45) is 0 Å². The van der Waals surface area contributed by atoms with Crippen LogP contribution in [-0.4, -0.2) is 22.2 Å². The lowest BCUT2D eigenvalue weighted by molar-refractivity contribution is -0.121. The molecule has 1 amide bonds. The van der Waals surface area contributed by atoms with Crippen molar-refractivity contribution < 1.29 is 4.79 Å². The lowest BCUT2D eigenvalue weighted by atomic mass is 10.1. The summed E-state index contributed by atoms with van der Waals surface area (Å²) in [6.45, 7) is 0.876. The molecule has 0 spiro atoms. The van der Waals surface area contributed by atoms with Gasteiger partial charge in [-0.15, -0.1) is 0 Å². The SMILES string of the molecule is O=C(Cn1cc(Cl)cn1)NCCCc1ccccc1. The van der Waals surface area contributed by atoms with E-state index in [1.165, 1.54) is 16.4 Å². The summed E-state index contributed by atoms with van der Waals surface area (Å²) in [5, 5.41) is 7.36. The Morgan fingerprint density at radius 1 is 1.32 bits per heavy atom. The Morgan fingerprint density at radius 3 is 2.79 bits per heavy atom. The highest BCUT2D eigenvalue weighted by atomic mass is 35.5. The number of rotatable bonds is 6. The number of hydrogen-bond donors (Lipinski definition) is 1. The molecule has 0 aliphatic carbocycles. The lowest BCUT2D eigenvalue weighted by Gasteiger charge is -2.05. The van der Waals surface area contributed by atoms with E-state index in [1.54, 1.807) is 6.20 Å². The van der Waals surface area contributed by atoms with Gasteiger partial charge in [-0.2, -0.15) is 5.10 Å². The number of benzene rings is 1. The Balaban J connectivity index is 1.64. The zero-order valence-corrected chi connectivity index (χ0v) is 11.3. The van der Waals surface area contributed by atoms with E-state index in [9.17, 15) is 4.79 Å². The number of carbonyl (C=O) groups is 1. The van der Waals surface area contributed by atoms with Gasteiger partial charge >= 0.3 is 0 Å². The summed E-state index contributed by atoms with van der Waals surface area (Å²) in [5.41, 5.74) is 1.29. The van der Waals surface area contributed by atoms with E-state index in [0.29, 0.717) is 11.6 Å². The molecule has 4 nitrogen and oxygen atoms in total. The summed E-state index contributed by atoms with van der Waals surface area (Å²) in [7, 11) is 0. The van der Waals surface area contributed by atoms with E-state index in [2.05, 4.69) is 22.5 Å². The van der Waals surface area contributed by atoms with E-state index < -0.39 is 0 Å². The van der Waals surface area contributed by atoms with E-state index in [1.807, 2.05) is 18.2 Å². The molecule has 0 atom stereocenters. The molecule has 0 aliphatic rings. The first kappa shape index (κ1) is 13.6. The second kappa shape index (κ2) is 6.95. The molecule has 1 aromatic heterocycles. The predicted molar refractivity (Wildman–Crippen MR) is 75.0 cm³/mol. The minimum absolute atomic E-state index is 0.0483. The molecule has 19 heavy (non-hydrogen) atoms. The minimum atomic E-state index is -0.0483. The van der Waals surface area contributed by atoms with Gasteiger partial charge in [0.15, 0.2) is 0 Å². The fraction of sp³-hybridized carbons (Fsp3) is 0.286. The van der Waals surface area contributed by atoms with Crippen molar-refractivity contribution in [1.29, 1.82) is 0 Å². The van der Waals surface area contributed by atoms with Crippen molar-refractivity contribution in [2.45, 2.75) is 19.4 Å². The average molecular weight is 278 g/mol. The maximum Gasteiger partial charge on any atom is 0.241 e. The molecule has 0 aliphatic heterocycles. The van der Waals surface area contributed by atoms with Gasteiger partial charge in [0.2, 0.25) is 5.91 Å². The van der Waals surface area contributed by atoms with Crippen LogP contribution >= 0.6 is 11.6 Å². The van der Waals surface area contributed by atoms with Gasteiger partial charge in [-0.25, -0.2) is 0 Å². The molecule has 0 fully saturated rings. The second-order valence-corrected chi connectivity index (χ2v) is 4.73. The molecule has 1 N–H and O–H groups in total. The maximum absolute atomic E-state index is 11.6. The molecular formula is C14H16ClN3O. The van der Waals surface area contributed by atoms with Crippen molar-refractivity contribution >= 4 is 17.5 Å². The molecule has 0 radical (unpaired) electrons. The number of amides is 1. The van der Waals surface area contributed by atoms with E-state index in [4.69, 9.17) is 11.6 Å². The molecule has 2 aromatic rings. The van der Waals surface area contributed by atoms with Crippen LogP contribution in [0.4, 0.5) is 0 Å². The number of halogens is 1. The highest BCUT2D eigenvalue weighted by Crippen LogP contribution is 2.04. The number of nitrogens with zero attached hydrogens (tertiary/aromatic N) is 2. The molecule has 0 bridgehead atoms. The first-order chi connectivity index (χ1) is 9.24. The first-order valence-electron chi connectivity index (χ1n) is 6.22. The van der Waals surface area contributed by atoms with Gasteiger partial charge in [0.05, 0.1) is 11.2 Å². The molecule has 5 heteroatoms. The Bertz CT molecular complexity index is 524. The number of hydrogen-bond acceptors (Lipinski definition) is 2. The second-order valence-electron chi connectivity index (χ2n) is 4.30. The summed E-state index contributed by atoms with van der Waals surface area (Å²) in [6.07, 6.45) is 5.04. The van der Waals surface area contributed by atoms with Crippen molar-refractivity contribution in [3.63, 3.8) is 0 Å². The van der Waals surface area contributed by atoms with Crippen LogP contribution in [0.25, 0.3) is 0 Å². The Kier molecular flexibility index (Phi) is 4.98. The normalized spacial score (nSPS) is 10.4. The van der Waals surface area contributed by atoms with Crippen molar-refractivity contribution in [1.82, 2.24) is 15.1 Å². The monoisotopic (exact) mass is 277 g/mol. The molecule has 2 rings (SSSR count). The van der Waals surface area contributed by atoms with Crippen LogP contribution in [0.1, 0.15) is 12.0 Å². The van der Waals surface area contributed by atoms with Gasteiger partial charge in [0, 0.05) is 12.7 Å². The third-order valence-electron chi connectivity index (χ3n) is 2.71. The topological polar surface area (TPSA) is 46.9 Å². The first-order valence-corrected chi connectivity index (χ1v) is 6.60. The van der Waals surface area contributed by atoms with Gasteiger partial charge in [-0.3, -0.25) is 9.48 Å². The van der Waals surface area contributed by atoms with Crippen LogP contribution in [0.2, 0.25) is 5.02 Å². The molecule has 1 aromatic carbocycles. The van der Waals surface area contributed by atoms with Crippen LogP contribution in [0, 0.1) is 0 Å². The summed E-state index contributed by atoms with van der Waals surface area (Å²) in [6, 6.07) is 10.2. The Morgan fingerprint density at radius 2 is 2.11 bits per heavy atom. The number of carbonyl (C=O) groups excluding carboxylic acids is 1. The fourth-order valence-corrected chi connectivity index (χ4v) is 1.95. The standard InChI is InChI=1S/C14H16ClN3O/c15-13-9-17-18(10-13)11-14(19)16-8-4-7-12-5-2-1-3-6-12/h1-3,5-6,9-10H,4,7-8,11H2,(H,16,19). The lowest BCUT2D eigenvalue weighted by Crippen LogP contribution is -2.28. The summed E-state index contributed by atoms with van der Waals surface area (Å²) < 4.78 is 1.52. The summed E-state index contributed by atoms with van der Waals surface area (Å²) in [5.74, 6) is -0.0483. The predicted octanol–water partition coefficient (Wildman–Crippen LogP) is 2.29. The zero-order valence-electron chi connectivity index (χ0n) is 10.6. The zero-order chi connectivity index (χ0) is 13.5. The average Bonchev–Trinajstić information content (AvgIpc) is 2.81.